The van der Waals surface area contributed by atoms with Gasteiger partial charge in [-0.25, -0.2) is 0 Å². The van der Waals surface area contributed by atoms with Crippen molar-refractivity contribution in [2.24, 2.45) is 5.73 Å². The number of pyridine rings is 1. The molecule has 2 atom stereocenters. The summed E-state index contributed by atoms with van der Waals surface area (Å²) in [6, 6.07) is 15.1. The lowest BCUT2D eigenvalue weighted by Crippen LogP contribution is -2.41. The van der Waals surface area contributed by atoms with Gasteiger partial charge in [-0.2, -0.15) is 0 Å². The molecular weight excluding hydrogens is 258 g/mol. The van der Waals surface area contributed by atoms with Crippen molar-refractivity contribution in [1.29, 1.82) is 0 Å². The van der Waals surface area contributed by atoms with Gasteiger partial charge < -0.3 is 5.73 Å². The van der Waals surface area contributed by atoms with Crippen LogP contribution in [0.25, 0.3) is 0 Å². The first kappa shape index (κ1) is 14.2. The number of hydrogen-bond acceptors (Lipinski definition) is 3. The highest BCUT2D eigenvalue weighted by Crippen LogP contribution is 2.25. The van der Waals surface area contributed by atoms with Crippen LogP contribution in [-0.4, -0.2) is 29.0 Å². The van der Waals surface area contributed by atoms with E-state index < -0.39 is 0 Å². The van der Waals surface area contributed by atoms with Crippen LogP contribution in [0.3, 0.4) is 0 Å². The van der Waals surface area contributed by atoms with Crippen LogP contribution in [-0.2, 0) is 12.8 Å². The lowest BCUT2D eigenvalue weighted by atomic mass is 10.0. The molecule has 3 rings (SSSR count). The number of nitrogens with two attached hydrogens (primary N) is 1. The molecule has 1 aliphatic heterocycles. The Hall–Kier alpha value is -1.71. The van der Waals surface area contributed by atoms with Crippen LogP contribution < -0.4 is 5.73 Å². The third-order valence-electron chi connectivity index (χ3n) is 4.34. The Bertz CT molecular complexity index is 553. The quantitative estimate of drug-likeness (QED) is 0.940. The van der Waals surface area contributed by atoms with Gasteiger partial charge in [-0.15, -0.1) is 0 Å². The third-order valence-corrected chi connectivity index (χ3v) is 4.34. The second-order valence-corrected chi connectivity index (χ2v) is 5.86. The maximum Gasteiger partial charge on any atom is 0.0671 e. The molecule has 3 heteroatoms. The summed E-state index contributed by atoms with van der Waals surface area (Å²) < 4.78 is 0. The topological polar surface area (TPSA) is 42.1 Å². The Morgan fingerprint density at radius 1 is 1.00 bits per heavy atom. The fourth-order valence-corrected chi connectivity index (χ4v) is 3.30. The minimum absolute atomic E-state index is 0.0705. The molecule has 2 aromatic rings. The van der Waals surface area contributed by atoms with Crippen LogP contribution in [0, 0.1) is 0 Å². The second kappa shape index (κ2) is 6.37. The minimum Gasteiger partial charge on any atom is -0.326 e. The van der Waals surface area contributed by atoms with E-state index in [2.05, 4.69) is 47.1 Å². The zero-order chi connectivity index (χ0) is 14.7. The summed E-state index contributed by atoms with van der Waals surface area (Å²) in [5, 5.41) is 0. The van der Waals surface area contributed by atoms with Crippen molar-refractivity contribution in [2.45, 2.75) is 31.8 Å². The van der Waals surface area contributed by atoms with Crippen molar-refractivity contribution in [1.82, 2.24) is 9.88 Å². The number of rotatable bonds is 3. The first-order valence-electron chi connectivity index (χ1n) is 7.73. The van der Waals surface area contributed by atoms with E-state index >= 15 is 0 Å². The molecule has 2 unspecified atom stereocenters. The highest BCUT2D eigenvalue weighted by molar-refractivity contribution is 5.29. The van der Waals surface area contributed by atoms with Gasteiger partial charge in [-0.05, 0) is 43.0 Å². The van der Waals surface area contributed by atoms with E-state index in [0.717, 1.165) is 31.6 Å². The van der Waals surface area contributed by atoms with Gasteiger partial charge in [0.2, 0.25) is 0 Å². The largest absolute Gasteiger partial charge is 0.326 e. The molecule has 0 fully saturated rings. The Morgan fingerprint density at radius 2 is 1.62 bits per heavy atom. The first-order chi connectivity index (χ1) is 10.3. The summed E-state index contributed by atoms with van der Waals surface area (Å²) in [7, 11) is 0. The van der Waals surface area contributed by atoms with Gasteiger partial charge in [0.25, 0.3) is 0 Å². The maximum atomic E-state index is 6.27. The number of aromatic nitrogens is 1. The monoisotopic (exact) mass is 281 g/mol. The molecule has 0 aliphatic carbocycles. The Labute approximate surface area is 126 Å². The van der Waals surface area contributed by atoms with Gasteiger partial charge >= 0.3 is 0 Å². The minimum atomic E-state index is 0.0705. The standard InChI is InChI=1S/C18H23N3/c1-14(19)18(17-8-4-5-11-20-17)21-12-9-15-6-2-3-7-16(15)10-13-21/h2-8,11,14,18H,9-10,12-13,19H2,1H3. The Morgan fingerprint density at radius 3 is 2.14 bits per heavy atom. The molecule has 21 heavy (non-hydrogen) atoms. The second-order valence-electron chi connectivity index (χ2n) is 5.86. The molecule has 0 saturated carbocycles. The number of hydrogen-bond donors (Lipinski definition) is 1. The highest BCUT2D eigenvalue weighted by atomic mass is 15.2. The van der Waals surface area contributed by atoms with Crippen LogP contribution in [0.5, 0.6) is 0 Å². The van der Waals surface area contributed by atoms with Crippen LogP contribution in [0.15, 0.2) is 48.7 Å². The van der Waals surface area contributed by atoms with Gasteiger partial charge in [0.1, 0.15) is 0 Å². The van der Waals surface area contributed by atoms with Crippen molar-refractivity contribution in [2.75, 3.05) is 13.1 Å². The van der Waals surface area contributed by atoms with Crippen molar-refractivity contribution < 1.29 is 0 Å². The van der Waals surface area contributed by atoms with Crippen molar-refractivity contribution in [3.05, 3.63) is 65.5 Å². The summed E-state index contributed by atoms with van der Waals surface area (Å²) in [4.78, 5) is 7.03. The van der Waals surface area contributed by atoms with E-state index in [0.29, 0.717) is 0 Å². The molecule has 1 aromatic heterocycles. The molecule has 0 spiro atoms. The smallest absolute Gasteiger partial charge is 0.0671 e. The van der Waals surface area contributed by atoms with Crippen molar-refractivity contribution in [3.8, 4) is 0 Å². The SMILES string of the molecule is CC(N)C(c1ccccn1)N1CCc2ccccc2CC1. The lowest BCUT2D eigenvalue weighted by molar-refractivity contribution is 0.181. The first-order valence-corrected chi connectivity index (χ1v) is 7.73. The van der Waals surface area contributed by atoms with Gasteiger partial charge in [0.05, 0.1) is 11.7 Å². The predicted octanol–water partition coefficient (Wildman–Crippen LogP) is 2.57. The number of nitrogens with zero attached hydrogens (tertiary/aromatic N) is 2. The molecule has 2 N–H and O–H groups in total. The third kappa shape index (κ3) is 3.14. The molecule has 0 saturated heterocycles. The van der Waals surface area contributed by atoms with Crippen LogP contribution in [0.2, 0.25) is 0 Å². The van der Waals surface area contributed by atoms with Gasteiger partial charge in [0.15, 0.2) is 0 Å². The molecule has 0 bridgehead atoms. The fourth-order valence-electron chi connectivity index (χ4n) is 3.30. The lowest BCUT2D eigenvalue weighted by Gasteiger charge is -2.32. The molecule has 2 heterocycles. The van der Waals surface area contributed by atoms with E-state index in [1.165, 1.54) is 11.1 Å². The average molecular weight is 281 g/mol. The fraction of sp³-hybridized carbons (Fsp3) is 0.389. The van der Waals surface area contributed by atoms with E-state index in [9.17, 15) is 0 Å². The molecule has 1 aliphatic rings. The van der Waals surface area contributed by atoms with E-state index in [1.807, 2.05) is 18.3 Å². The number of benzene rings is 1. The van der Waals surface area contributed by atoms with Gasteiger partial charge in [-0.3, -0.25) is 9.88 Å². The molecule has 3 nitrogen and oxygen atoms in total. The zero-order valence-corrected chi connectivity index (χ0v) is 12.6. The molecule has 0 radical (unpaired) electrons. The predicted molar refractivity (Wildman–Crippen MR) is 86.1 cm³/mol. The van der Waals surface area contributed by atoms with E-state index in [-0.39, 0.29) is 12.1 Å². The normalized spacial score (nSPS) is 18.6. The average Bonchev–Trinajstić information content (AvgIpc) is 2.71. The van der Waals surface area contributed by atoms with Gasteiger partial charge in [0, 0.05) is 25.3 Å². The van der Waals surface area contributed by atoms with Gasteiger partial charge in [-0.1, -0.05) is 30.3 Å². The summed E-state index contributed by atoms with van der Waals surface area (Å²) in [5.74, 6) is 0. The Kier molecular flexibility index (Phi) is 4.32. The van der Waals surface area contributed by atoms with Crippen LogP contribution in [0.1, 0.15) is 29.8 Å². The zero-order valence-electron chi connectivity index (χ0n) is 12.6. The Balaban J connectivity index is 1.83. The number of fused-ring (bicyclic) bond motifs is 1. The summed E-state index contributed by atoms with van der Waals surface area (Å²) in [6.07, 6.45) is 4.04. The van der Waals surface area contributed by atoms with E-state index in [4.69, 9.17) is 5.73 Å². The highest BCUT2D eigenvalue weighted by Gasteiger charge is 2.26. The molecule has 110 valence electrons. The van der Waals surface area contributed by atoms with Crippen LogP contribution in [0.4, 0.5) is 0 Å². The molecular formula is C18H23N3. The summed E-state index contributed by atoms with van der Waals surface area (Å²) in [6.45, 7) is 4.16. The van der Waals surface area contributed by atoms with Crippen LogP contribution >= 0.6 is 0 Å². The van der Waals surface area contributed by atoms with Crippen molar-refractivity contribution in [3.63, 3.8) is 0 Å². The molecule has 1 aromatic carbocycles. The summed E-state index contributed by atoms with van der Waals surface area (Å²) >= 11 is 0. The van der Waals surface area contributed by atoms with Crippen molar-refractivity contribution >= 4 is 0 Å². The maximum absolute atomic E-state index is 6.27. The summed E-state index contributed by atoms with van der Waals surface area (Å²) in [5.41, 5.74) is 10.3. The van der Waals surface area contributed by atoms with E-state index in [1.54, 1.807) is 0 Å². The molecule has 0 amide bonds.